The van der Waals surface area contributed by atoms with Crippen LogP contribution in [0.25, 0.3) is 20.8 Å². The molecule has 90 valence electrons. The van der Waals surface area contributed by atoms with Crippen LogP contribution in [0.1, 0.15) is 5.56 Å². The number of aryl methyl sites for hydroxylation is 1. The van der Waals surface area contributed by atoms with Gasteiger partial charge in [0.1, 0.15) is 10.8 Å². The van der Waals surface area contributed by atoms with Crippen LogP contribution in [0.2, 0.25) is 0 Å². The number of aromatic hydroxyl groups is 1. The lowest BCUT2D eigenvalue weighted by Gasteiger charge is -2.01. The van der Waals surface area contributed by atoms with Gasteiger partial charge >= 0.3 is 0 Å². The van der Waals surface area contributed by atoms with Gasteiger partial charge in [0.25, 0.3) is 0 Å². The van der Waals surface area contributed by atoms with Crippen LogP contribution < -0.4 is 5.73 Å². The monoisotopic (exact) mass is 256 g/mol. The number of nitrogens with zero attached hydrogens (tertiary/aromatic N) is 1. The van der Waals surface area contributed by atoms with Crippen molar-refractivity contribution < 1.29 is 5.11 Å². The van der Waals surface area contributed by atoms with E-state index in [0.717, 1.165) is 26.4 Å². The average Bonchev–Trinajstić information content (AvgIpc) is 2.71. The van der Waals surface area contributed by atoms with Crippen molar-refractivity contribution in [1.29, 1.82) is 0 Å². The molecule has 4 heteroatoms. The van der Waals surface area contributed by atoms with Crippen molar-refractivity contribution in [3.8, 4) is 16.3 Å². The fourth-order valence-electron chi connectivity index (χ4n) is 1.88. The van der Waals surface area contributed by atoms with Gasteiger partial charge in [-0.1, -0.05) is 6.07 Å². The van der Waals surface area contributed by atoms with Crippen LogP contribution >= 0.6 is 11.3 Å². The number of hydrogen-bond donors (Lipinski definition) is 2. The molecule has 3 rings (SSSR count). The number of fused-ring (bicyclic) bond motifs is 1. The van der Waals surface area contributed by atoms with Gasteiger partial charge in [0.2, 0.25) is 0 Å². The first-order chi connectivity index (χ1) is 8.63. The topological polar surface area (TPSA) is 59.1 Å². The predicted octanol–water partition coefficient (Wildman–Crippen LogP) is 3.56. The molecule has 0 aliphatic heterocycles. The molecule has 3 N–H and O–H groups in total. The maximum Gasteiger partial charge on any atom is 0.128 e. The molecule has 0 aliphatic carbocycles. The quantitative estimate of drug-likeness (QED) is 0.654. The molecule has 3 nitrogen and oxygen atoms in total. The van der Waals surface area contributed by atoms with Crippen molar-refractivity contribution in [3.63, 3.8) is 0 Å². The maximum absolute atomic E-state index is 9.97. The fourth-order valence-corrected chi connectivity index (χ4v) is 2.86. The summed E-state index contributed by atoms with van der Waals surface area (Å²) in [6, 6.07) is 11.3. The van der Waals surface area contributed by atoms with Crippen LogP contribution in [-0.2, 0) is 0 Å². The first-order valence-electron chi connectivity index (χ1n) is 5.59. The SMILES string of the molecule is Cc1ccc(-c2nc3cc(N)ccc3s2)c(O)c1. The highest BCUT2D eigenvalue weighted by Gasteiger charge is 2.10. The molecule has 3 aromatic rings. The third-order valence-corrected chi connectivity index (χ3v) is 3.86. The molecule has 0 fully saturated rings. The van der Waals surface area contributed by atoms with Gasteiger partial charge in [0.05, 0.1) is 15.8 Å². The van der Waals surface area contributed by atoms with Crippen molar-refractivity contribution in [3.05, 3.63) is 42.0 Å². The highest BCUT2D eigenvalue weighted by Crippen LogP contribution is 2.35. The van der Waals surface area contributed by atoms with E-state index in [2.05, 4.69) is 4.98 Å². The van der Waals surface area contributed by atoms with E-state index in [0.29, 0.717) is 5.69 Å². The standard InChI is InChI=1S/C14H12N2OS/c1-8-2-4-10(12(17)6-8)14-16-11-7-9(15)3-5-13(11)18-14/h2-7,17H,15H2,1H3. The Hall–Kier alpha value is -2.07. The number of anilines is 1. The molecule has 18 heavy (non-hydrogen) atoms. The molecule has 0 atom stereocenters. The smallest absolute Gasteiger partial charge is 0.128 e. The summed E-state index contributed by atoms with van der Waals surface area (Å²) < 4.78 is 1.07. The average molecular weight is 256 g/mol. The zero-order valence-electron chi connectivity index (χ0n) is 9.84. The molecule has 1 aromatic heterocycles. The van der Waals surface area contributed by atoms with E-state index in [9.17, 15) is 5.11 Å². The lowest BCUT2D eigenvalue weighted by atomic mass is 10.1. The van der Waals surface area contributed by atoms with E-state index in [-0.39, 0.29) is 5.75 Å². The van der Waals surface area contributed by atoms with Gasteiger partial charge in [-0.05, 0) is 42.8 Å². The van der Waals surface area contributed by atoms with E-state index < -0.39 is 0 Å². The number of thiazole rings is 1. The van der Waals surface area contributed by atoms with E-state index >= 15 is 0 Å². The number of benzene rings is 2. The summed E-state index contributed by atoms with van der Waals surface area (Å²) in [5.41, 5.74) is 9.10. The predicted molar refractivity (Wildman–Crippen MR) is 75.9 cm³/mol. The molecular weight excluding hydrogens is 244 g/mol. The Bertz CT molecular complexity index is 734. The van der Waals surface area contributed by atoms with Crippen molar-refractivity contribution in [1.82, 2.24) is 4.98 Å². The summed E-state index contributed by atoms with van der Waals surface area (Å²) in [5, 5.41) is 10.8. The Balaban J connectivity index is 2.19. The number of aromatic nitrogens is 1. The summed E-state index contributed by atoms with van der Waals surface area (Å²) in [5.74, 6) is 0.266. The van der Waals surface area contributed by atoms with E-state index in [1.165, 1.54) is 0 Å². The second-order valence-corrected chi connectivity index (χ2v) is 5.30. The molecule has 0 saturated carbocycles. The summed E-state index contributed by atoms with van der Waals surface area (Å²) >= 11 is 1.55. The van der Waals surface area contributed by atoms with Crippen molar-refractivity contribution in [2.45, 2.75) is 6.92 Å². The Morgan fingerprint density at radius 3 is 2.78 bits per heavy atom. The minimum Gasteiger partial charge on any atom is -0.507 e. The van der Waals surface area contributed by atoms with Gasteiger partial charge in [0, 0.05) is 5.69 Å². The van der Waals surface area contributed by atoms with Crippen LogP contribution in [-0.4, -0.2) is 10.1 Å². The van der Waals surface area contributed by atoms with E-state index in [1.54, 1.807) is 17.4 Å². The van der Waals surface area contributed by atoms with Crippen LogP contribution in [0.3, 0.4) is 0 Å². The molecule has 0 radical (unpaired) electrons. The van der Waals surface area contributed by atoms with Gasteiger partial charge in [-0.25, -0.2) is 4.98 Å². The third kappa shape index (κ3) is 1.80. The highest BCUT2D eigenvalue weighted by molar-refractivity contribution is 7.21. The van der Waals surface area contributed by atoms with Crippen molar-refractivity contribution in [2.24, 2.45) is 0 Å². The summed E-state index contributed by atoms with van der Waals surface area (Å²) in [7, 11) is 0. The first-order valence-corrected chi connectivity index (χ1v) is 6.41. The van der Waals surface area contributed by atoms with Crippen molar-refractivity contribution in [2.75, 3.05) is 5.73 Å². The van der Waals surface area contributed by atoms with Crippen LogP contribution in [0.5, 0.6) is 5.75 Å². The number of nitrogen functional groups attached to an aromatic ring is 1. The third-order valence-electron chi connectivity index (χ3n) is 2.80. The van der Waals surface area contributed by atoms with Crippen LogP contribution in [0, 0.1) is 6.92 Å². The first kappa shape index (κ1) is 11.0. The van der Waals surface area contributed by atoms with E-state index in [1.807, 2.05) is 37.3 Å². The lowest BCUT2D eigenvalue weighted by molar-refractivity contribution is 0.477. The van der Waals surface area contributed by atoms with Gasteiger partial charge in [-0.3, -0.25) is 0 Å². The summed E-state index contributed by atoms with van der Waals surface area (Å²) in [6.07, 6.45) is 0. The van der Waals surface area contributed by atoms with Crippen molar-refractivity contribution >= 4 is 27.2 Å². The van der Waals surface area contributed by atoms with Gasteiger partial charge in [-0.2, -0.15) is 0 Å². The van der Waals surface area contributed by atoms with Gasteiger partial charge in [-0.15, -0.1) is 11.3 Å². The Morgan fingerprint density at radius 2 is 2.00 bits per heavy atom. The molecule has 0 unspecified atom stereocenters. The highest BCUT2D eigenvalue weighted by atomic mass is 32.1. The number of hydrogen-bond acceptors (Lipinski definition) is 4. The Morgan fingerprint density at radius 1 is 1.17 bits per heavy atom. The second kappa shape index (κ2) is 3.99. The number of rotatable bonds is 1. The molecule has 0 aliphatic rings. The second-order valence-electron chi connectivity index (χ2n) is 4.27. The molecule has 0 saturated heterocycles. The molecule has 0 bridgehead atoms. The molecule has 1 heterocycles. The summed E-state index contributed by atoms with van der Waals surface area (Å²) in [4.78, 5) is 4.51. The maximum atomic E-state index is 9.97. The zero-order chi connectivity index (χ0) is 12.7. The zero-order valence-corrected chi connectivity index (χ0v) is 10.7. The molecule has 0 spiro atoms. The number of nitrogens with two attached hydrogens (primary N) is 1. The van der Waals surface area contributed by atoms with Gasteiger partial charge < -0.3 is 10.8 Å². The van der Waals surface area contributed by atoms with Crippen LogP contribution in [0.4, 0.5) is 5.69 Å². The lowest BCUT2D eigenvalue weighted by Crippen LogP contribution is -1.82. The largest absolute Gasteiger partial charge is 0.507 e. The van der Waals surface area contributed by atoms with E-state index in [4.69, 9.17) is 5.73 Å². The molecular formula is C14H12N2OS. The number of phenolic OH excluding ortho intramolecular Hbond substituents is 1. The molecule has 0 amide bonds. The minimum absolute atomic E-state index is 0.266. The summed E-state index contributed by atoms with van der Waals surface area (Å²) in [6.45, 7) is 1.95. The minimum atomic E-state index is 0.266. The molecule has 2 aromatic carbocycles. The Labute approximate surface area is 109 Å². The normalized spacial score (nSPS) is 10.9. The fraction of sp³-hybridized carbons (Fsp3) is 0.0714. The Kier molecular flexibility index (Phi) is 2.45. The van der Waals surface area contributed by atoms with Crippen LogP contribution in [0.15, 0.2) is 36.4 Å². The number of phenols is 1. The van der Waals surface area contributed by atoms with Gasteiger partial charge in [0.15, 0.2) is 0 Å².